The molecule has 0 amide bonds. The zero-order valence-electron chi connectivity index (χ0n) is 8.61. The van der Waals surface area contributed by atoms with Crippen LogP contribution in [0.1, 0.15) is 5.56 Å². The first kappa shape index (κ1) is 11.3. The molecule has 0 aliphatic heterocycles. The lowest BCUT2D eigenvalue weighted by molar-refractivity contribution is 0.626. The maximum atomic E-state index is 12.9. The number of benzene rings is 1. The van der Waals surface area contributed by atoms with Gasteiger partial charge in [-0.2, -0.15) is 0 Å². The van der Waals surface area contributed by atoms with Crippen molar-refractivity contribution in [3.8, 4) is 0 Å². The van der Waals surface area contributed by atoms with E-state index in [4.69, 9.17) is 0 Å². The highest BCUT2D eigenvalue weighted by Crippen LogP contribution is 2.27. The number of hydrogen-bond acceptors (Lipinski definition) is 5. The summed E-state index contributed by atoms with van der Waals surface area (Å²) in [5, 5.41) is 11.6. The third-order valence-electron chi connectivity index (χ3n) is 1.87. The summed E-state index contributed by atoms with van der Waals surface area (Å²) in [5.41, 5.74) is 0.950. The summed E-state index contributed by atoms with van der Waals surface area (Å²) < 4.78 is 13.8. The van der Waals surface area contributed by atoms with E-state index in [0.717, 1.165) is 15.0 Å². The molecule has 1 aromatic heterocycles. The Hall–Kier alpha value is -1.14. The molecule has 0 fully saturated rings. The van der Waals surface area contributed by atoms with E-state index in [9.17, 15) is 4.39 Å². The van der Waals surface area contributed by atoms with Crippen molar-refractivity contribution in [2.45, 2.75) is 10.1 Å². The van der Waals surface area contributed by atoms with E-state index in [0.29, 0.717) is 5.75 Å². The number of hydrogen-bond donors (Lipinski definition) is 1. The maximum Gasteiger partial charge on any atom is 0.206 e. The molecule has 6 heteroatoms. The number of halogens is 1. The van der Waals surface area contributed by atoms with Crippen molar-refractivity contribution in [2.75, 3.05) is 12.4 Å². The first-order chi connectivity index (χ1) is 7.78. The van der Waals surface area contributed by atoms with Crippen molar-refractivity contribution in [3.05, 3.63) is 35.6 Å². The standard InChI is InChI=1S/C10H10FN3S2/c1-12-9-13-14-10(16-9)15-6-7-3-2-4-8(11)5-7/h2-5H,6H2,1H3,(H,12,13). The fraction of sp³-hybridized carbons (Fsp3) is 0.200. The first-order valence-corrected chi connectivity index (χ1v) is 6.46. The SMILES string of the molecule is CNc1nnc(SCc2cccc(F)c2)s1. The van der Waals surface area contributed by atoms with E-state index in [-0.39, 0.29) is 5.82 Å². The molecule has 1 aromatic carbocycles. The van der Waals surface area contributed by atoms with Crippen LogP contribution in [0.4, 0.5) is 9.52 Å². The lowest BCUT2D eigenvalue weighted by Gasteiger charge is -1.98. The van der Waals surface area contributed by atoms with Gasteiger partial charge in [0, 0.05) is 12.8 Å². The Morgan fingerprint density at radius 3 is 3.00 bits per heavy atom. The summed E-state index contributed by atoms with van der Waals surface area (Å²) in [7, 11) is 1.81. The Balaban J connectivity index is 1.96. The van der Waals surface area contributed by atoms with Crippen LogP contribution < -0.4 is 5.32 Å². The molecule has 0 atom stereocenters. The minimum absolute atomic E-state index is 0.203. The van der Waals surface area contributed by atoms with Gasteiger partial charge in [-0.25, -0.2) is 4.39 Å². The number of aromatic nitrogens is 2. The molecule has 0 unspecified atom stereocenters. The number of nitrogens with one attached hydrogen (secondary N) is 1. The molecular formula is C10H10FN3S2. The highest BCUT2D eigenvalue weighted by Gasteiger charge is 2.03. The monoisotopic (exact) mass is 255 g/mol. The second kappa shape index (κ2) is 5.27. The lowest BCUT2D eigenvalue weighted by Crippen LogP contribution is -1.84. The number of rotatable bonds is 4. The van der Waals surface area contributed by atoms with Crippen LogP contribution in [0.15, 0.2) is 28.6 Å². The van der Waals surface area contributed by atoms with E-state index >= 15 is 0 Å². The number of nitrogens with zero attached hydrogens (tertiary/aromatic N) is 2. The third-order valence-corrected chi connectivity index (χ3v) is 4.02. The second-order valence-electron chi connectivity index (χ2n) is 3.04. The maximum absolute atomic E-state index is 12.9. The van der Waals surface area contributed by atoms with Gasteiger partial charge in [-0.1, -0.05) is 35.2 Å². The number of anilines is 1. The molecule has 0 saturated heterocycles. The van der Waals surface area contributed by atoms with E-state index in [2.05, 4.69) is 15.5 Å². The molecule has 2 aromatic rings. The van der Waals surface area contributed by atoms with Gasteiger partial charge in [0.25, 0.3) is 0 Å². The van der Waals surface area contributed by atoms with E-state index < -0.39 is 0 Å². The van der Waals surface area contributed by atoms with Crippen molar-refractivity contribution >= 4 is 28.2 Å². The zero-order chi connectivity index (χ0) is 11.4. The van der Waals surface area contributed by atoms with Gasteiger partial charge in [-0.05, 0) is 17.7 Å². The highest BCUT2D eigenvalue weighted by molar-refractivity contribution is 8.00. The van der Waals surface area contributed by atoms with Gasteiger partial charge >= 0.3 is 0 Å². The predicted molar refractivity (Wildman–Crippen MR) is 65.4 cm³/mol. The quantitative estimate of drug-likeness (QED) is 0.852. The Morgan fingerprint density at radius 1 is 1.44 bits per heavy atom. The smallest absolute Gasteiger partial charge is 0.206 e. The molecule has 0 aliphatic rings. The normalized spacial score (nSPS) is 10.4. The average molecular weight is 255 g/mol. The van der Waals surface area contributed by atoms with E-state index in [1.165, 1.54) is 23.5 Å². The molecule has 0 saturated carbocycles. The molecule has 3 nitrogen and oxygen atoms in total. The first-order valence-electron chi connectivity index (χ1n) is 4.66. The minimum Gasteiger partial charge on any atom is -0.363 e. The van der Waals surface area contributed by atoms with Crippen molar-refractivity contribution in [1.82, 2.24) is 10.2 Å². The summed E-state index contributed by atoms with van der Waals surface area (Å²) in [5.74, 6) is 0.502. The minimum atomic E-state index is -0.203. The lowest BCUT2D eigenvalue weighted by atomic mass is 10.2. The molecule has 1 heterocycles. The van der Waals surface area contributed by atoms with Crippen molar-refractivity contribution < 1.29 is 4.39 Å². The van der Waals surface area contributed by atoms with Crippen LogP contribution in [0.5, 0.6) is 0 Å². The van der Waals surface area contributed by atoms with Crippen LogP contribution in [0, 0.1) is 5.82 Å². The van der Waals surface area contributed by atoms with Gasteiger partial charge in [0.1, 0.15) is 5.82 Å². The Morgan fingerprint density at radius 2 is 2.31 bits per heavy atom. The van der Waals surface area contributed by atoms with E-state index in [1.54, 1.807) is 17.8 Å². The Bertz CT molecular complexity index is 473. The van der Waals surface area contributed by atoms with E-state index in [1.807, 2.05) is 13.1 Å². The Kier molecular flexibility index (Phi) is 3.74. The van der Waals surface area contributed by atoms with Crippen molar-refractivity contribution in [1.29, 1.82) is 0 Å². The molecule has 2 rings (SSSR count). The van der Waals surface area contributed by atoms with Gasteiger partial charge in [0.05, 0.1) is 0 Å². The zero-order valence-corrected chi connectivity index (χ0v) is 10.2. The summed E-state index contributed by atoms with van der Waals surface area (Å²) in [6.45, 7) is 0. The van der Waals surface area contributed by atoms with Gasteiger partial charge < -0.3 is 5.32 Å². The van der Waals surface area contributed by atoms with Crippen LogP contribution in [-0.4, -0.2) is 17.2 Å². The fourth-order valence-electron chi connectivity index (χ4n) is 1.14. The third kappa shape index (κ3) is 2.93. The number of thioether (sulfide) groups is 1. The molecule has 1 N–H and O–H groups in total. The van der Waals surface area contributed by atoms with Crippen LogP contribution in [0.2, 0.25) is 0 Å². The van der Waals surface area contributed by atoms with Gasteiger partial charge in [0.15, 0.2) is 4.34 Å². The summed E-state index contributed by atoms with van der Waals surface area (Å²) in [4.78, 5) is 0. The highest BCUT2D eigenvalue weighted by atomic mass is 32.2. The van der Waals surface area contributed by atoms with Crippen LogP contribution in [0.3, 0.4) is 0 Å². The molecule has 0 aliphatic carbocycles. The molecular weight excluding hydrogens is 245 g/mol. The van der Waals surface area contributed by atoms with Crippen molar-refractivity contribution in [2.24, 2.45) is 0 Å². The molecule has 0 bridgehead atoms. The molecule has 0 radical (unpaired) electrons. The summed E-state index contributed by atoms with van der Waals surface area (Å²) in [6, 6.07) is 6.59. The van der Waals surface area contributed by atoms with Crippen molar-refractivity contribution in [3.63, 3.8) is 0 Å². The topological polar surface area (TPSA) is 37.8 Å². The van der Waals surface area contributed by atoms with Crippen LogP contribution >= 0.6 is 23.1 Å². The van der Waals surface area contributed by atoms with Crippen LogP contribution in [-0.2, 0) is 5.75 Å². The molecule has 84 valence electrons. The van der Waals surface area contributed by atoms with Crippen LogP contribution in [0.25, 0.3) is 0 Å². The summed E-state index contributed by atoms with van der Waals surface area (Å²) in [6.07, 6.45) is 0. The largest absolute Gasteiger partial charge is 0.363 e. The second-order valence-corrected chi connectivity index (χ2v) is 5.24. The fourth-order valence-corrected chi connectivity index (χ4v) is 2.79. The summed E-state index contributed by atoms with van der Waals surface area (Å²) >= 11 is 3.05. The van der Waals surface area contributed by atoms with Gasteiger partial charge in [-0.15, -0.1) is 10.2 Å². The molecule has 16 heavy (non-hydrogen) atoms. The predicted octanol–water partition coefficient (Wildman–Crippen LogP) is 3.01. The molecule has 0 spiro atoms. The average Bonchev–Trinajstić information content (AvgIpc) is 2.74. The van der Waals surface area contributed by atoms with Gasteiger partial charge in [-0.3, -0.25) is 0 Å². The Labute approximate surface area is 101 Å². The van der Waals surface area contributed by atoms with Gasteiger partial charge in [0.2, 0.25) is 5.13 Å².